The van der Waals surface area contributed by atoms with Crippen LogP contribution in [0.15, 0.2) is 54.6 Å². The number of alkyl halides is 3. The number of nitrogens with zero attached hydrogens (tertiary/aromatic N) is 1. The van der Waals surface area contributed by atoms with Gasteiger partial charge in [0.15, 0.2) is 6.04 Å². The minimum absolute atomic E-state index is 0.0480. The third-order valence-corrected chi connectivity index (χ3v) is 7.24. The highest BCUT2D eigenvalue weighted by Crippen LogP contribution is 2.45. The molecule has 39 heavy (non-hydrogen) atoms. The normalized spacial score (nSPS) is 16.0. The van der Waals surface area contributed by atoms with Crippen LogP contribution in [0.25, 0.3) is 0 Å². The van der Waals surface area contributed by atoms with E-state index in [2.05, 4.69) is 11.1 Å². The van der Waals surface area contributed by atoms with Crippen LogP contribution in [0.2, 0.25) is 0 Å². The number of aryl methyl sites for hydroxylation is 2. The van der Waals surface area contributed by atoms with E-state index in [-0.39, 0.29) is 36.4 Å². The van der Waals surface area contributed by atoms with Crippen LogP contribution in [0, 0.1) is 13.8 Å². The summed E-state index contributed by atoms with van der Waals surface area (Å²) in [5.41, 5.74) is 7.04. The Kier molecular flexibility index (Phi) is 8.02. The second-order valence-corrected chi connectivity index (χ2v) is 10.2. The van der Waals surface area contributed by atoms with Gasteiger partial charge >= 0.3 is 6.18 Å². The van der Waals surface area contributed by atoms with E-state index < -0.39 is 35.6 Å². The van der Waals surface area contributed by atoms with Crippen molar-refractivity contribution >= 4 is 17.5 Å². The number of nitrogens with one attached hydrogen (secondary N) is 1. The zero-order valence-corrected chi connectivity index (χ0v) is 22.2. The standard InChI is InChI=1S/C30H32F3N3O3/c1-17-11-22(38)12-18(2)23(17)16-26(34)29(39)35-27-9-10-36(19(3)37)28-24(27)14-21(15-25(28)30(31,32)33)13-20-7-5-4-6-8-20/h4-8,11-12,14-15,26-27,38H,9-10,13,16,34H2,1-3H3,(H,35,39)/p+1/t26-,27+/m0/s1. The van der Waals surface area contributed by atoms with Gasteiger partial charge in [0.2, 0.25) is 5.91 Å². The number of rotatable bonds is 6. The van der Waals surface area contributed by atoms with Crippen LogP contribution in [0.5, 0.6) is 5.75 Å². The Morgan fingerprint density at radius 3 is 2.31 bits per heavy atom. The monoisotopic (exact) mass is 540 g/mol. The molecule has 0 unspecified atom stereocenters. The molecule has 0 spiro atoms. The summed E-state index contributed by atoms with van der Waals surface area (Å²) in [6.45, 7) is 4.97. The van der Waals surface area contributed by atoms with Crippen LogP contribution in [0.4, 0.5) is 18.9 Å². The molecule has 4 rings (SSSR count). The topological polar surface area (TPSA) is 97.3 Å². The van der Waals surface area contributed by atoms with Crippen LogP contribution in [-0.4, -0.2) is 29.5 Å². The van der Waals surface area contributed by atoms with Crippen molar-refractivity contribution in [2.45, 2.75) is 58.3 Å². The van der Waals surface area contributed by atoms with Crippen molar-refractivity contribution in [2.75, 3.05) is 11.4 Å². The predicted octanol–water partition coefficient (Wildman–Crippen LogP) is 4.39. The number of phenols is 1. The highest BCUT2D eigenvalue weighted by Gasteiger charge is 2.41. The number of benzene rings is 3. The fraction of sp³-hybridized carbons (Fsp3) is 0.333. The molecule has 2 amide bonds. The minimum atomic E-state index is -4.70. The maximum atomic E-state index is 14.3. The fourth-order valence-electron chi connectivity index (χ4n) is 5.35. The summed E-state index contributed by atoms with van der Waals surface area (Å²) >= 11 is 0. The lowest BCUT2D eigenvalue weighted by molar-refractivity contribution is -0.403. The molecule has 206 valence electrons. The van der Waals surface area contributed by atoms with Gasteiger partial charge in [0.05, 0.1) is 17.3 Å². The predicted molar refractivity (Wildman–Crippen MR) is 142 cm³/mol. The number of aromatic hydroxyl groups is 1. The molecular weight excluding hydrogens is 507 g/mol. The summed E-state index contributed by atoms with van der Waals surface area (Å²) in [7, 11) is 0. The number of phenolic OH excluding ortho intramolecular Hbond substituents is 1. The summed E-state index contributed by atoms with van der Waals surface area (Å²) < 4.78 is 43.0. The molecule has 9 heteroatoms. The van der Waals surface area contributed by atoms with Crippen molar-refractivity contribution in [1.82, 2.24) is 5.32 Å². The molecule has 0 aromatic heterocycles. The Morgan fingerprint density at radius 2 is 1.72 bits per heavy atom. The first-order chi connectivity index (χ1) is 18.3. The highest BCUT2D eigenvalue weighted by atomic mass is 19.4. The number of anilines is 1. The Morgan fingerprint density at radius 1 is 1.08 bits per heavy atom. The number of hydrogen-bond acceptors (Lipinski definition) is 3. The van der Waals surface area contributed by atoms with E-state index in [0.717, 1.165) is 33.2 Å². The smallest absolute Gasteiger partial charge is 0.418 e. The van der Waals surface area contributed by atoms with Crippen LogP contribution in [-0.2, 0) is 28.6 Å². The van der Waals surface area contributed by atoms with Gasteiger partial charge in [0, 0.05) is 19.9 Å². The first kappa shape index (κ1) is 28.2. The average molecular weight is 541 g/mol. The number of carbonyl (C=O) groups excluding carboxylic acids is 2. The second kappa shape index (κ2) is 11.1. The Balaban J connectivity index is 1.70. The summed E-state index contributed by atoms with van der Waals surface area (Å²) in [6.07, 6.45) is -3.84. The van der Waals surface area contributed by atoms with Crippen LogP contribution in [0.1, 0.15) is 58.3 Å². The van der Waals surface area contributed by atoms with Crippen molar-refractivity contribution in [3.05, 3.63) is 93.5 Å². The molecule has 3 aromatic rings. The van der Waals surface area contributed by atoms with E-state index in [0.29, 0.717) is 12.0 Å². The molecule has 6 nitrogen and oxygen atoms in total. The van der Waals surface area contributed by atoms with E-state index in [1.807, 2.05) is 44.2 Å². The van der Waals surface area contributed by atoms with Gasteiger partial charge in [0.1, 0.15) is 5.75 Å². The number of halogens is 3. The second-order valence-electron chi connectivity index (χ2n) is 10.2. The van der Waals surface area contributed by atoms with Gasteiger partial charge in [-0.2, -0.15) is 13.2 Å². The van der Waals surface area contributed by atoms with Crippen molar-refractivity contribution < 1.29 is 33.6 Å². The Bertz CT molecular complexity index is 1370. The fourth-order valence-corrected chi connectivity index (χ4v) is 5.35. The molecule has 1 aliphatic rings. The molecule has 0 radical (unpaired) electrons. The molecule has 3 aromatic carbocycles. The number of carbonyl (C=O) groups is 2. The summed E-state index contributed by atoms with van der Waals surface area (Å²) in [4.78, 5) is 26.8. The molecular formula is C30H33F3N3O3+. The molecule has 0 bridgehead atoms. The van der Waals surface area contributed by atoms with Crippen LogP contribution < -0.4 is 16.0 Å². The SMILES string of the molecule is CC(=O)N1CC[C@@H](NC(=O)[C@@H]([NH3+])Cc2c(C)cc(O)cc2C)c2cc(Cc3ccccc3)cc(C(F)(F)F)c21. The molecule has 1 aliphatic heterocycles. The lowest BCUT2D eigenvalue weighted by atomic mass is 9.88. The highest BCUT2D eigenvalue weighted by molar-refractivity contribution is 5.94. The lowest BCUT2D eigenvalue weighted by Crippen LogP contribution is -2.68. The molecule has 0 aliphatic carbocycles. The van der Waals surface area contributed by atoms with Crippen LogP contribution >= 0.6 is 0 Å². The van der Waals surface area contributed by atoms with E-state index in [1.54, 1.807) is 18.2 Å². The van der Waals surface area contributed by atoms with Crippen molar-refractivity contribution in [3.63, 3.8) is 0 Å². The maximum Gasteiger partial charge on any atom is 0.418 e. The molecule has 5 N–H and O–H groups in total. The van der Waals surface area contributed by atoms with Gasteiger partial charge in [-0.25, -0.2) is 0 Å². The largest absolute Gasteiger partial charge is 0.508 e. The minimum Gasteiger partial charge on any atom is -0.508 e. The van der Waals surface area contributed by atoms with Crippen molar-refractivity contribution in [2.24, 2.45) is 0 Å². The Hall–Kier alpha value is -3.85. The Labute approximate surface area is 225 Å². The average Bonchev–Trinajstić information content (AvgIpc) is 2.85. The van der Waals surface area contributed by atoms with Gasteiger partial charge < -0.3 is 21.1 Å². The van der Waals surface area contributed by atoms with Crippen LogP contribution in [0.3, 0.4) is 0 Å². The van der Waals surface area contributed by atoms with Crippen molar-refractivity contribution in [3.8, 4) is 5.75 Å². The van der Waals surface area contributed by atoms with Gasteiger partial charge in [0.25, 0.3) is 5.91 Å². The summed E-state index contributed by atoms with van der Waals surface area (Å²) in [5, 5.41) is 12.7. The quantitative estimate of drug-likeness (QED) is 0.433. The number of fused-ring (bicyclic) bond motifs is 1. The third-order valence-electron chi connectivity index (χ3n) is 7.24. The maximum absolute atomic E-state index is 14.3. The van der Waals surface area contributed by atoms with E-state index in [9.17, 15) is 27.9 Å². The first-order valence-electron chi connectivity index (χ1n) is 12.8. The number of amides is 2. The third kappa shape index (κ3) is 6.25. The zero-order valence-electron chi connectivity index (χ0n) is 22.2. The summed E-state index contributed by atoms with van der Waals surface area (Å²) in [5.74, 6) is -0.744. The number of quaternary nitrogens is 1. The molecule has 2 atom stereocenters. The molecule has 0 saturated heterocycles. The van der Waals surface area contributed by atoms with E-state index in [1.165, 1.54) is 6.92 Å². The van der Waals surface area contributed by atoms with Gasteiger partial charge in [-0.3, -0.25) is 9.59 Å². The van der Waals surface area contributed by atoms with Gasteiger partial charge in [-0.05, 0) is 78.3 Å². The van der Waals surface area contributed by atoms with Gasteiger partial charge in [-0.15, -0.1) is 0 Å². The molecule has 0 saturated carbocycles. The van der Waals surface area contributed by atoms with E-state index in [4.69, 9.17) is 0 Å². The van der Waals surface area contributed by atoms with Crippen molar-refractivity contribution in [1.29, 1.82) is 0 Å². The first-order valence-corrected chi connectivity index (χ1v) is 12.8. The summed E-state index contributed by atoms with van der Waals surface area (Å²) in [6, 6.07) is 13.8. The lowest BCUT2D eigenvalue weighted by Gasteiger charge is -2.36. The molecule has 0 fully saturated rings. The number of hydrogen-bond donors (Lipinski definition) is 3. The van der Waals surface area contributed by atoms with E-state index >= 15 is 0 Å². The zero-order chi connectivity index (χ0) is 28.5. The molecule has 1 heterocycles. The van der Waals surface area contributed by atoms with Gasteiger partial charge in [-0.1, -0.05) is 36.4 Å².